The standard InChI is InChI=1S/C21H24O4/c1-5-6-16-13-17(21(25-4)14-20(16)24-3)9-12-19(22)15-7-10-18(23-2)11-8-15/h7-14H,5-6H2,1-4H3. The van der Waals surface area contributed by atoms with E-state index in [0.29, 0.717) is 11.3 Å². The Hall–Kier alpha value is -2.75. The van der Waals surface area contributed by atoms with Crippen LogP contribution < -0.4 is 14.2 Å². The summed E-state index contributed by atoms with van der Waals surface area (Å²) in [6.07, 6.45) is 5.25. The number of carbonyl (C=O) groups is 1. The van der Waals surface area contributed by atoms with Crippen molar-refractivity contribution in [1.82, 2.24) is 0 Å². The number of rotatable bonds is 8. The second kappa shape index (κ2) is 8.92. The summed E-state index contributed by atoms with van der Waals surface area (Å²) in [5.41, 5.74) is 2.56. The van der Waals surface area contributed by atoms with Crippen molar-refractivity contribution in [3.8, 4) is 17.2 Å². The number of allylic oxidation sites excluding steroid dienone is 1. The summed E-state index contributed by atoms with van der Waals surface area (Å²) in [6, 6.07) is 10.9. The van der Waals surface area contributed by atoms with Crippen LogP contribution in [0.2, 0.25) is 0 Å². The topological polar surface area (TPSA) is 44.8 Å². The molecule has 0 N–H and O–H groups in total. The minimum atomic E-state index is -0.0717. The Morgan fingerprint density at radius 2 is 1.64 bits per heavy atom. The molecule has 0 bridgehead atoms. The van der Waals surface area contributed by atoms with Crippen LogP contribution in [0.3, 0.4) is 0 Å². The number of hydrogen-bond donors (Lipinski definition) is 0. The van der Waals surface area contributed by atoms with Gasteiger partial charge in [0.25, 0.3) is 0 Å². The molecule has 0 unspecified atom stereocenters. The lowest BCUT2D eigenvalue weighted by atomic mass is 10.0. The van der Waals surface area contributed by atoms with Crippen LogP contribution in [-0.2, 0) is 6.42 Å². The number of ketones is 1. The Morgan fingerprint density at radius 3 is 2.20 bits per heavy atom. The van der Waals surface area contributed by atoms with E-state index >= 15 is 0 Å². The van der Waals surface area contributed by atoms with Crippen LogP contribution in [0.4, 0.5) is 0 Å². The summed E-state index contributed by atoms with van der Waals surface area (Å²) in [6.45, 7) is 2.12. The zero-order chi connectivity index (χ0) is 18.2. The average Bonchev–Trinajstić information content (AvgIpc) is 2.66. The molecule has 132 valence electrons. The highest BCUT2D eigenvalue weighted by atomic mass is 16.5. The first-order valence-electron chi connectivity index (χ1n) is 8.24. The van der Waals surface area contributed by atoms with Gasteiger partial charge in [0.05, 0.1) is 21.3 Å². The summed E-state index contributed by atoms with van der Waals surface area (Å²) in [7, 11) is 4.86. The second-order valence-electron chi connectivity index (χ2n) is 5.58. The molecule has 0 atom stereocenters. The first-order valence-corrected chi connectivity index (χ1v) is 8.24. The van der Waals surface area contributed by atoms with Crippen LogP contribution in [0.5, 0.6) is 17.2 Å². The molecular formula is C21H24O4. The molecule has 0 saturated heterocycles. The van der Waals surface area contributed by atoms with Crippen molar-refractivity contribution in [2.45, 2.75) is 19.8 Å². The van der Waals surface area contributed by atoms with Gasteiger partial charge < -0.3 is 14.2 Å². The third-order valence-corrected chi connectivity index (χ3v) is 3.94. The van der Waals surface area contributed by atoms with E-state index < -0.39 is 0 Å². The predicted octanol–water partition coefficient (Wildman–Crippen LogP) is 4.56. The first-order chi connectivity index (χ1) is 12.1. The van der Waals surface area contributed by atoms with Gasteiger partial charge in [-0.1, -0.05) is 13.3 Å². The normalized spacial score (nSPS) is 10.7. The van der Waals surface area contributed by atoms with Gasteiger partial charge in [0.1, 0.15) is 17.2 Å². The summed E-state index contributed by atoms with van der Waals surface area (Å²) in [4.78, 5) is 12.4. The van der Waals surface area contributed by atoms with Gasteiger partial charge in [-0.2, -0.15) is 0 Å². The Balaban J connectivity index is 2.28. The maximum Gasteiger partial charge on any atom is 0.185 e. The molecular weight excluding hydrogens is 316 g/mol. The number of ether oxygens (including phenoxy) is 3. The summed E-state index contributed by atoms with van der Waals surface area (Å²) < 4.78 is 16.0. The summed E-state index contributed by atoms with van der Waals surface area (Å²) in [5.74, 6) is 2.13. The number of benzene rings is 2. The molecule has 2 aromatic carbocycles. The lowest BCUT2D eigenvalue weighted by Crippen LogP contribution is -1.97. The van der Waals surface area contributed by atoms with Crippen molar-refractivity contribution in [1.29, 1.82) is 0 Å². The van der Waals surface area contributed by atoms with Gasteiger partial charge in [-0.3, -0.25) is 4.79 Å². The highest BCUT2D eigenvalue weighted by molar-refractivity contribution is 6.07. The van der Waals surface area contributed by atoms with E-state index in [1.54, 1.807) is 57.7 Å². The molecule has 0 aliphatic rings. The molecule has 0 spiro atoms. The number of methoxy groups -OCH3 is 3. The molecule has 2 aromatic rings. The lowest BCUT2D eigenvalue weighted by molar-refractivity contribution is 0.104. The Bertz CT molecular complexity index is 745. The van der Waals surface area contributed by atoms with Crippen molar-refractivity contribution in [3.63, 3.8) is 0 Å². The van der Waals surface area contributed by atoms with Crippen LogP contribution in [0, 0.1) is 0 Å². The predicted molar refractivity (Wildman–Crippen MR) is 99.9 cm³/mol. The highest BCUT2D eigenvalue weighted by Crippen LogP contribution is 2.31. The zero-order valence-corrected chi connectivity index (χ0v) is 15.2. The molecule has 0 aliphatic carbocycles. The van der Waals surface area contributed by atoms with Gasteiger partial charge in [-0.05, 0) is 54.5 Å². The van der Waals surface area contributed by atoms with Crippen molar-refractivity contribution in [2.24, 2.45) is 0 Å². The SMILES string of the molecule is CCCc1cc(C=CC(=O)c2ccc(OC)cc2)c(OC)cc1OC. The van der Waals surface area contributed by atoms with Gasteiger partial charge in [0.15, 0.2) is 5.78 Å². The molecule has 0 radical (unpaired) electrons. The number of carbonyl (C=O) groups excluding carboxylic acids is 1. The van der Waals surface area contributed by atoms with Crippen molar-refractivity contribution < 1.29 is 19.0 Å². The fraction of sp³-hybridized carbons (Fsp3) is 0.286. The average molecular weight is 340 g/mol. The molecule has 4 heteroatoms. The van der Waals surface area contributed by atoms with Crippen LogP contribution in [0.1, 0.15) is 34.8 Å². The molecule has 0 amide bonds. The van der Waals surface area contributed by atoms with Crippen LogP contribution in [-0.4, -0.2) is 27.1 Å². The minimum absolute atomic E-state index is 0.0717. The van der Waals surface area contributed by atoms with Gasteiger partial charge in [-0.15, -0.1) is 0 Å². The van der Waals surface area contributed by atoms with Gasteiger partial charge in [-0.25, -0.2) is 0 Å². The van der Waals surface area contributed by atoms with E-state index in [1.807, 2.05) is 12.1 Å². The van der Waals surface area contributed by atoms with Crippen molar-refractivity contribution >= 4 is 11.9 Å². The van der Waals surface area contributed by atoms with E-state index in [4.69, 9.17) is 14.2 Å². The maximum absolute atomic E-state index is 12.4. The van der Waals surface area contributed by atoms with Gasteiger partial charge in [0, 0.05) is 17.2 Å². The highest BCUT2D eigenvalue weighted by Gasteiger charge is 2.10. The Morgan fingerprint density at radius 1 is 0.960 bits per heavy atom. The van der Waals surface area contributed by atoms with Crippen molar-refractivity contribution in [2.75, 3.05) is 21.3 Å². The van der Waals surface area contributed by atoms with E-state index in [2.05, 4.69) is 6.92 Å². The van der Waals surface area contributed by atoms with Gasteiger partial charge in [0.2, 0.25) is 0 Å². The van der Waals surface area contributed by atoms with E-state index in [1.165, 1.54) is 0 Å². The summed E-state index contributed by atoms with van der Waals surface area (Å²) in [5, 5.41) is 0. The zero-order valence-electron chi connectivity index (χ0n) is 15.2. The maximum atomic E-state index is 12.4. The van der Waals surface area contributed by atoms with Crippen LogP contribution in [0.25, 0.3) is 6.08 Å². The molecule has 25 heavy (non-hydrogen) atoms. The molecule has 2 rings (SSSR count). The van der Waals surface area contributed by atoms with E-state index in [-0.39, 0.29) is 5.78 Å². The van der Waals surface area contributed by atoms with E-state index in [9.17, 15) is 4.79 Å². The minimum Gasteiger partial charge on any atom is -0.497 e. The molecule has 0 aliphatic heterocycles. The molecule has 0 heterocycles. The first kappa shape index (κ1) is 18.6. The van der Waals surface area contributed by atoms with Crippen molar-refractivity contribution in [3.05, 3.63) is 59.2 Å². The summed E-state index contributed by atoms with van der Waals surface area (Å²) >= 11 is 0. The Labute approximate surface area is 149 Å². The molecule has 0 saturated carbocycles. The fourth-order valence-corrected chi connectivity index (χ4v) is 2.60. The van der Waals surface area contributed by atoms with E-state index in [0.717, 1.165) is 35.5 Å². The second-order valence-corrected chi connectivity index (χ2v) is 5.58. The third kappa shape index (κ3) is 4.63. The quantitative estimate of drug-likeness (QED) is 0.522. The Kier molecular flexibility index (Phi) is 6.63. The van der Waals surface area contributed by atoms with Gasteiger partial charge >= 0.3 is 0 Å². The fourth-order valence-electron chi connectivity index (χ4n) is 2.60. The smallest absolute Gasteiger partial charge is 0.185 e. The molecule has 0 fully saturated rings. The third-order valence-electron chi connectivity index (χ3n) is 3.94. The van der Waals surface area contributed by atoms with Crippen LogP contribution >= 0.6 is 0 Å². The van der Waals surface area contributed by atoms with Crippen LogP contribution in [0.15, 0.2) is 42.5 Å². The largest absolute Gasteiger partial charge is 0.497 e. The monoisotopic (exact) mass is 340 g/mol. The molecule has 4 nitrogen and oxygen atoms in total. The number of aryl methyl sites for hydroxylation is 1. The number of hydrogen-bond acceptors (Lipinski definition) is 4. The molecule has 0 aromatic heterocycles. The lowest BCUT2D eigenvalue weighted by Gasteiger charge is -2.12.